The van der Waals surface area contributed by atoms with Crippen molar-refractivity contribution in [3.63, 3.8) is 0 Å². The summed E-state index contributed by atoms with van der Waals surface area (Å²) in [4.78, 5) is 25.0. The van der Waals surface area contributed by atoms with Gasteiger partial charge in [0.2, 0.25) is 12.1 Å². The summed E-state index contributed by atoms with van der Waals surface area (Å²) in [5, 5.41) is 46.4. The number of esters is 1. The van der Waals surface area contributed by atoms with E-state index in [0.717, 1.165) is 19.1 Å². The summed E-state index contributed by atoms with van der Waals surface area (Å²) >= 11 is 0. The van der Waals surface area contributed by atoms with Crippen molar-refractivity contribution in [1.29, 1.82) is 0 Å². The summed E-state index contributed by atoms with van der Waals surface area (Å²) in [5.41, 5.74) is -3.71. The van der Waals surface area contributed by atoms with Gasteiger partial charge in [0.15, 0.2) is 0 Å². The van der Waals surface area contributed by atoms with Gasteiger partial charge < -0.3 is 44.2 Å². The maximum Gasteiger partial charge on any atom is 0.331 e. The number of aliphatic hydroxyl groups excluding tert-OH is 1. The van der Waals surface area contributed by atoms with Crippen LogP contribution in [0.4, 0.5) is 0 Å². The summed E-state index contributed by atoms with van der Waals surface area (Å²) in [6.07, 6.45) is 3.29. The summed E-state index contributed by atoms with van der Waals surface area (Å²) < 4.78 is 23.3. The van der Waals surface area contributed by atoms with Crippen LogP contribution in [0.25, 0.3) is 0 Å². The Kier molecular flexibility index (Phi) is 5.66. The molecule has 2 saturated heterocycles. The number of aliphatic hydroxyl groups is 4. The van der Waals surface area contributed by atoms with Crippen LogP contribution in [0.15, 0.2) is 11.6 Å². The van der Waals surface area contributed by atoms with Gasteiger partial charge in [-0.1, -0.05) is 6.92 Å². The molecule has 0 aromatic carbocycles. The van der Waals surface area contributed by atoms with Crippen LogP contribution in [-0.4, -0.2) is 87.0 Å². The van der Waals surface area contributed by atoms with E-state index in [1.54, 1.807) is 0 Å². The smallest absolute Gasteiger partial charge is 0.331 e. The molecule has 3 heterocycles. The summed E-state index contributed by atoms with van der Waals surface area (Å²) in [6, 6.07) is 0. The van der Waals surface area contributed by atoms with E-state index in [9.17, 15) is 30.0 Å². The zero-order valence-corrected chi connectivity index (χ0v) is 22.6. The van der Waals surface area contributed by atoms with E-state index in [1.165, 1.54) is 6.08 Å². The molecular weight excluding hydrogens is 508 g/mol. The number of rotatable bonds is 2. The molecule has 6 fully saturated rings. The van der Waals surface area contributed by atoms with Crippen molar-refractivity contribution in [3.05, 3.63) is 11.6 Å². The van der Waals surface area contributed by atoms with Gasteiger partial charge in [0, 0.05) is 28.9 Å². The van der Waals surface area contributed by atoms with E-state index < -0.39 is 52.3 Å². The van der Waals surface area contributed by atoms with Crippen LogP contribution in [-0.2, 0) is 28.5 Å². The number of ether oxygens (including phenoxy) is 4. The molecule has 13 atom stereocenters. The molecule has 10 nitrogen and oxygen atoms in total. The topological polar surface area (TPSA) is 152 Å². The molecule has 0 radical (unpaired) electrons. The largest absolute Gasteiger partial charge is 0.458 e. The van der Waals surface area contributed by atoms with Crippen LogP contribution in [0, 0.1) is 28.6 Å². The number of cyclic esters (lactones) is 1. The standard InChI is InChI=1S/C29H40O10/c1-15-9-22(31)29(35)24(37-15)38-20-10-16-3-4-19-18(26(16,14-30)12-21(20)39-29)5-6-25(2)27(33,7-8-28(19,25)34)17-11-23(32)36-13-17/h11,14-16,18-22,24,31,33-35H,3-10,12-13H2,1-2H3. The van der Waals surface area contributed by atoms with Crippen LogP contribution in [0.3, 0.4) is 0 Å². The summed E-state index contributed by atoms with van der Waals surface area (Å²) in [5.74, 6) is -2.79. The van der Waals surface area contributed by atoms with Gasteiger partial charge in [-0.15, -0.1) is 0 Å². The lowest BCUT2D eigenvalue weighted by molar-refractivity contribution is -0.457. The molecule has 4 aliphatic carbocycles. The maximum atomic E-state index is 13.1. The van der Waals surface area contributed by atoms with Gasteiger partial charge in [-0.05, 0) is 76.0 Å². The minimum absolute atomic E-state index is 0.0232. The van der Waals surface area contributed by atoms with Gasteiger partial charge in [-0.25, -0.2) is 4.79 Å². The lowest BCUT2D eigenvalue weighted by Crippen LogP contribution is -2.71. The normalized spacial score (nSPS) is 58.2. The van der Waals surface area contributed by atoms with Gasteiger partial charge in [0.05, 0.1) is 29.5 Å². The third kappa shape index (κ3) is 3.22. The molecule has 216 valence electrons. The van der Waals surface area contributed by atoms with Crippen LogP contribution in [0.5, 0.6) is 0 Å². The van der Waals surface area contributed by atoms with E-state index in [4.69, 9.17) is 18.9 Å². The molecule has 7 aliphatic rings. The monoisotopic (exact) mass is 548 g/mol. The summed E-state index contributed by atoms with van der Waals surface area (Å²) in [6.45, 7) is 3.78. The predicted molar refractivity (Wildman–Crippen MR) is 133 cm³/mol. The third-order valence-corrected chi connectivity index (χ3v) is 12.3. The number of carbonyl (C=O) groups excluding carboxylic acids is 2. The molecule has 0 spiro atoms. The zero-order chi connectivity index (χ0) is 27.6. The van der Waals surface area contributed by atoms with Crippen molar-refractivity contribution < 1.29 is 49.0 Å². The average molecular weight is 549 g/mol. The second-order valence-electron chi connectivity index (χ2n) is 13.7. The fourth-order valence-electron chi connectivity index (χ4n) is 10.2. The fourth-order valence-corrected chi connectivity index (χ4v) is 10.2. The highest BCUT2D eigenvalue weighted by Gasteiger charge is 2.74. The Labute approximate surface area is 227 Å². The first-order valence-electron chi connectivity index (χ1n) is 14.6. The van der Waals surface area contributed by atoms with E-state index in [-0.39, 0.29) is 43.0 Å². The van der Waals surface area contributed by atoms with Gasteiger partial charge in [0.1, 0.15) is 19.0 Å². The van der Waals surface area contributed by atoms with Crippen LogP contribution < -0.4 is 0 Å². The van der Waals surface area contributed by atoms with Gasteiger partial charge >= 0.3 is 5.97 Å². The second kappa shape index (κ2) is 8.33. The van der Waals surface area contributed by atoms with Crippen molar-refractivity contribution >= 4 is 12.3 Å². The Bertz CT molecular complexity index is 1110. The minimum Gasteiger partial charge on any atom is -0.458 e. The molecule has 39 heavy (non-hydrogen) atoms. The highest BCUT2D eigenvalue weighted by molar-refractivity contribution is 5.86. The van der Waals surface area contributed by atoms with E-state index in [2.05, 4.69) is 0 Å². The minimum atomic E-state index is -2.00. The van der Waals surface area contributed by atoms with E-state index in [1.807, 2.05) is 13.8 Å². The molecule has 0 bridgehead atoms. The molecule has 0 aromatic rings. The maximum absolute atomic E-state index is 13.1. The second-order valence-corrected chi connectivity index (χ2v) is 13.7. The quantitative estimate of drug-likeness (QED) is 0.224. The number of hydrogen-bond acceptors (Lipinski definition) is 10. The lowest BCUT2D eigenvalue weighted by Gasteiger charge is -2.65. The number of fused-ring (bicyclic) bond motifs is 7. The molecule has 7 rings (SSSR count). The molecule has 0 amide bonds. The highest BCUT2D eigenvalue weighted by atomic mass is 16.8. The first-order chi connectivity index (χ1) is 18.4. The molecular formula is C29H40O10. The molecule has 10 heteroatoms. The Morgan fingerprint density at radius 2 is 1.79 bits per heavy atom. The fraction of sp³-hybridized carbons (Fsp3) is 0.862. The molecule has 4 N–H and O–H groups in total. The number of carbonyl (C=O) groups is 2. The van der Waals surface area contributed by atoms with Crippen molar-refractivity contribution in [2.45, 2.75) is 119 Å². The van der Waals surface area contributed by atoms with Crippen LogP contribution in [0.1, 0.15) is 71.6 Å². The van der Waals surface area contributed by atoms with Crippen molar-refractivity contribution in [3.8, 4) is 0 Å². The molecule has 4 saturated carbocycles. The Morgan fingerprint density at radius 3 is 2.51 bits per heavy atom. The summed E-state index contributed by atoms with van der Waals surface area (Å²) in [7, 11) is 0. The molecule has 3 aliphatic heterocycles. The molecule has 0 aromatic heterocycles. The van der Waals surface area contributed by atoms with Crippen molar-refractivity contribution in [2.24, 2.45) is 28.6 Å². The Hall–Kier alpha value is -1.40. The van der Waals surface area contributed by atoms with E-state index in [0.29, 0.717) is 44.1 Å². The number of aldehydes is 1. The average Bonchev–Trinajstić information content (AvgIpc) is 3.42. The first kappa shape index (κ1) is 26.5. The Morgan fingerprint density at radius 1 is 1.00 bits per heavy atom. The Balaban J connectivity index is 1.20. The van der Waals surface area contributed by atoms with Crippen LogP contribution in [0.2, 0.25) is 0 Å². The SMILES string of the molecule is CC1CC(O)C2(O)OC3CC4(C=O)C(CCC5C4CCC4(C)C(O)(C6=CC(=O)OC6)CCC54O)CC3OC2O1. The molecule has 13 unspecified atom stereocenters. The van der Waals surface area contributed by atoms with Crippen LogP contribution >= 0.6 is 0 Å². The number of hydrogen-bond donors (Lipinski definition) is 4. The van der Waals surface area contributed by atoms with Gasteiger partial charge in [0.25, 0.3) is 0 Å². The predicted octanol–water partition coefficient (Wildman–Crippen LogP) is 1.12. The first-order valence-corrected chi connectivity index (χ1v) is 14.6. The zero-order valence-electron chi connectivity index (χ0n) is 22.6. The van der Waals surface area contributed by atoms with Crippen molar-refractivity contribution in [1.82, 2.24) is 0 Å². The van der Waals surface area contributed by atoms with Crippen molar-refractivity contribution in [2.75, 3.05) is 6.61 Å². The van der Waals surface area contributed by atoms with E-state index >= 15 is 0 Å². The van der Waals surface area contributed by atoms with Gasteiger partial charge in [-0.3, -0.25) is 0 Å². The third-order valence-electron chi connectivity index (χ3n) is 12.3. The van der Waals surface area contributed by atoms with Gasteiger partial charge in [-0.2, -0.15) is 0 Å². The lowest BCUT2D eigenvalue weighted by atomic mass is 9.42. The highest BCUT2D eigenvalue weighted by Crippen LogP contribution is 2.71.